The molecule has 0 aliphatic carbocycles. The molecule has 0 amide bonds. The molecule has 0 aromatic rings. The van der Waals surface area contributed by atoms with E-state index in [1.807, 2.05) is 0 Å². The fourth-order valence-electron chi connectivity index (χ4n) is 0.569. The molecule has 74 valence electrons. The Morgan fingerprint density at radius 3 is 1.08 bits per heavy atom. The highest BCUT2D eigenvalue weighted by Gasteiger charge is 2.27. The van der Waals surface area contributed by atoms with E-state index >= 15 is 0 Å². The first-order valence-corrected chi connectivity index (χ1v) is 9.13. The fourth-order valence-corrected chi connectivity index (χ4v) is 4.97. The van der Waals surface area contributed by atoms with Crippen molar-refractivity contribution >= 4 is 95.6 Å². The third-order valence-corrected chi connectivity index (χ3v) is 10.8. The summed E-state index contributed by atoms with van der Waals surface area (Å²) in [7, 11) is 0. The molecule has 12 heavy (non-hydrogen) atoms. The Morgan fingerprint density at radius 2 is 0.917 bits per heavy atom. The van der Waals surface area contributed by atoms with Gasteiger partial charge >= 0.3 is 0 Å². The Labute approximate surface area is 124 Å². The Balaban J connectivity index is 3.99. The van der Waals surface area contributed by atoms with Gasteiger partial charge in [0.2, 0.25) is 0 Å². The minimum absolute atomic E-state index is 0.402. The predicted octanol–water partition coefficient (Wildman–Crippen LogP) is 4.83. The van der Waals surface area contributed by atoms with Crippen LogP contribution in [-0.4, -0.2) is 30.0 Å². The van der Waals surface area contributed by atoms with E-state index in [-0.39, 0.29) is 0 Å². The molecule has 0 aromatic carbocycles. The lowest BCUT2D eigenvalue weighted by Gasteiger charge is -2.23. The summed E-state index contributed by atoms with van der Waals surface area (Å²) in [5.74, 6) is 0. The topological polar surface area (TPSA) is 0 Å². The summed E-state index contributed by atoms with van der Waals surface area (Å²) in [6, 6.07) is 0. The third kappa shape index (κ3) is 5.10. The molecule has 4 atom stereocenters. The first kappa shape index (κ1) is 14.9. The van der Waals surface area contributed by atoms with E-state index in [0.29, 0.717) is 19.3 Å². The molecule has 0 nitrogen and oxygen atoms in total. The molecule has 0 aliphatic heterocycles. The Hall–Kier alpha value is 2.88. The van der Waals surface area contributed by atoms with Gasteiger partial charge in [-0.25, -0.2) is 0 Å². The van der Waals surface area contributed by atoms with E-state index in [1.165, 1.54) is 0 Å². The summed E-state index contributed by atoms with van der Waals surface area (Å²) in [4.78, 5) is 1.67. The molecular weight excluding hydrogens is 551 g/mol. The monoisotopic (exact) mass is 554 g/mol. The van der Waals surface area contributed by atoms with Gasteiger partial charge in [-0.05, 0) is 0 Å². The van der Waals surface area contributed by atoms with Crippen LogP contribution in [0.5, 0.6) is 0 Å². The van der Waals surface area contributed by atoms with Gasteiger partial charge in [0.25, 0.3) is 0 Å². The summed E-state index contributed by atoms with van der Waals surface area (Å²) in [5, 5.41) is 1.88. The fraction of sp³-hybridized carbons (Fsp3) is 1.00. The lowest BCUT2D eigenvalue weighted by atomic mass is 10.2. The van der Waals surface area contributed by atoms with E-state index in [9.17, 15) is 0 Å². The number of rotatable bonds is 5. The molecule has 0 radical (unpaired) electrons. The zero-order chi connectivity index (χ0) is 9.72. The molecule has 0 fully saturated rings. The maximum Gasteiger partial charge on any atom is 0.0415 e. The van der Waals surface area contributed by atoms with Crippen LogP contribution in [-0.2, 0) is 0 Å². The van der Waals surface area contributed by atoms with Crippen LogP contribution in [0.25, 0.3) is 0 Å². The minimum atomic E-state index is 0.402. The molecule has 0 rings (SSSR count). The van der Waals surface area contributed by atoms with Crippen molar-refractivity contribution in [1.29, 1.82) is 0 Å². The molecule has 0 saturated carbocycles. The maximum absolute atomic E-state index is 3.64. The summed E-state index contributed by atoms with van der Waals surface area (Å²) in [6.07, 6.45) is 0. The molecule has 6 heteroatoms. The summed E-state index contributed by atoms with van der Waals surface area (Å²) >= 11 is 21.3. The zero-order valence-corrected chi connectivity index (χ0v) is 15.5. The average molecular weight is 560 g/mol. The average Bonchev–Trinajstić information content (AvgIpc) is 2.12. The quantitative estimate of drug-likeness (QED) is 0.424. The molecule has 0 N–H and O–H groups in total. The highest BCUT2D eigenvalue weighted by atomic mass is 79.9. The van der Waals surface area contributed by atoms with Crippen molar-refractivity contribution < 1.29 is 0 Å². The van der Waals surface area contributed by atoms with Crippen LogP contribution in [0.2, 0.25) is 0 Å². The van der Waals surface area contributed by atoms with Crippen LogP contribution in [0.15, 0.2) is 0 Å². The van der Waals surface area contributed by atoms with Gasteiger partial charge in [0.15, 0.2) is 0 Å². The predicted molar refractivity (Wildman–Crippen MR) is 78.4 cm³/mol. The number of hydrogen-bond donors (Lipinski definition) is 0. The van der Waals surface area contributed by atoms with Gasteiger partial charge in [0, 0.05) is 30.0 Å². The van der Waals surface area contributed by atoms with Crippen molar-refractivity contribution in [3.05, 3.63) is 0 Å². The second kappa shape index (κ2) is 8.08. The van der Waals surface area contributed by atoms with Gasteiger partial charge in [0.05, 0.1) is 0 Å². The van der Waals surface area contributed by atoms with Gasteiger partial charge in [-0.2, -0.15) is 0 Å². The van der Waals surface area contributed by atoms with E-state index < -0.39 is 0 Å². The van der Waals surface area contributed by atoms with E-state index in [2.05, 4.69) is 95.6 Å². The lowest BCUT2D eigenvalue weighted by Crippen LogP contribution is -2.32. The van der Waals surface area contributed by atoms with Gasteiger partial charge in [0.1, 0.15) is 0 Å². The SMILES string of the molecule is BrCC(Br)C(Br)C(Br)C(Br)CBr. The molecule has 0 spiro atoms. The van der Waals surface area contributed by atoms with Crippen LogP contribution >= 0.6 is 95.6 Å². The molecular formula is C6H8Br6. The second-order valence-corrected chi connectivity index (χ2v) is 7.99. The second-order valence-electron chi connectivity index (χ2n) is 2.23. The third-order valence-electron chi connectivity index (χ3n) is 1.29. The Bertz CT molecular complexity index is 105. The van der Waals surface area contributed by atoms with Crippen molar-refractivity contribution in [3.63, 3.8) is 0 Å². The largest absolute Gasteiger partial charge is 0.0916 e. The molecule has 0 bridgehead atoms. The highest BCUT2D eigenvalue weighted by molar-refractivity contribution is 9.15. The highest BCUT2D eigenvalue weighted by Crippen LogP contribution is 2.30. The van der Waals surface area contributed by atoms with Crippen LogP contribution < -0.4 is 0 Å². The van der Waals surface area contributed by atoms with Gasteiger partial charge < -0.3 is 0 Å². The standard InChI is InChI=1S/C6H8Br6/c7-1-3(9)5(11)6(12)4(10)2-8/h3-6H,1-2H2. The summed E-state index contributed by atoms with van der Waals surface area (Å²) < 4.78 is 0. The summed E-state index contributed by atoms with van der Waals surface area (Å²) in [5.41, 5.74) is 0. The van der Waals surface area contributed by atoms with E-state index in [0.717, 1.165) is 10.7 Å². The number of alkyl halides is 6. The molecule has 0 saturated heterocycles. The molecule has 0 aliphatic rings. The van der Waals surface area contributed by atoms with Crippen LogP contribution in [0.4, 0.5) is 0 Å². The maximum atomic E-state index is 3.64. The van der Waals surface area contributed by atoms with E-state index in [4.69, 9.17) is 0 Å². The van der Waals surface area contributed by atoms with Crippen molar-refractivity contribution in [2.75, 3.05) is 10.7 Å². The number of halogens is 6. The van der Waals surface area contributed by atoms with Gasteiger partial charge in [-0.15, -0.1) is 0 Å². The Morgan fingerprint density at radius 1 is 0.667 bits per heavy atom. The zero-order valence-electron chi connectivity index (χ0n) is 5.99. The van der Waals surface area contributed by atoms with Crippen molar-refractivity contribution in [1.82, 2.24) is 0 Å². The number of hydrogen-bond acceptors (Lipinski definition) is 0. The van der Waals surface area contributed by atoms with Gasteiger partial charge in [-0.1, -0.05) is 95.6 Å². The minimum Gasteiger partial charge on any atom is -0.0916 e. The van der Waals surface area contributed by atoms with Crippen LogP contribution in [0.3, 0.4) is 0 Å². The summed E-state index contributed by atoms with van der Waals surface area (Å²) in [6.45, 7) is 0. The first-order valence-electron chi connectivity index (χ1n) is 3.22. The normalized spacial score (nSPS) is 21.5. The Kier molecular flexibility index (Phi) is 10.0. The van der Waals surface area contributed by atoms with Crippen LogP contribution in [0, 0.1) is 0 Å². The molecule has 4 unspecified atom stereocenters. The van der Waals surface area contributed by atoms with Gasteiger partial charge in [-0.3, -0.25) is 0 Å². The molecule has 0 heterocycles. The lowest BCUT2D eigenvalue weighted by molar-refractivity contribution is 0.809. The van der Waals surface area contributed by atoms with Crippen LogP contribution in [0.1, 0.15) is 0 Å². The van der Waals surface area contributed by atoms with E-state index in [1.54, 1.807) is 0 Å². The molecule has 0 aromatic heterocycles. The van der Waals surface area contributed by atoms with Crippen molar-refractivity contribution in [2.24, 2.45) is 0 Å². The first-order chi connectivity index (χ1) is 5.54. The smallest absolute Gasteiger partial charge is 0.0415 e. The van der Waals surface area contributed by atoms with Crippen molar-refractivity contribution in [2.45, 2.75) is 19.3 Å². The van der Waals surface area contributed by atoms with Crippen molar-refractivity contribution in [3.8, 4) is 0 Å².